The largest absolute Gasteiger partial charge is 0.458 e. The second-order valence-electron chi connectivity index (χ2n) is 3.09. The van der Waals surface area contributed by atoms with Gasteiger partial charge < -0.3 is 4.74 Å². The van der Waals surface area contributed by atoms with Gasteiger partial charge >= 0.3 is 0 Å². The van der Waals surface area contributed by atoms with Crippen molar-refractivity contribution in [2.24, 2.45) is 0 Å². The van der Waals surface area contributed by atoms with E-state index in [9.17, 15) is 0 Å². The summed E-state index contributed by atoms with van der Waals surface area (Å²) in [5.74, 6) is 2.94. The van der Waals surface area contributed by atoms with Crippen molar-refractivity contribution < 1.29 is 4.74 Å². The highest BCUT2D eigenvalue weighted by Crippen LogP contribution is 2.38. The van der Waals surface area contributed by atoms with Crippen molar-refractivity contribution >= 4 is 0 Å². The van der Waals surface area contributed by atoms with Crippen LogP contribution in [-0.4, -0.2) is 15.6 Å². The van der Waals surface area contributed by atoms with E-state index in [1.54, 1.807) is 0 Å². The average Bonchev–Trinajstić information content (AvgIpc) is 2.99. The minimum absolute atomic E-state index is 0.280. The monoisotopic (exact) mass is 185 g/mol. The van der Waals surface area contributed by atoms with Gasteiger partial charge in [0.15, 0.2) is 5.60 Å². The standard InChI is InChI=1S/C10H7N3O/c1-2-10(3-4-10)14-9-5-8(6-11)12-7-13-9/h1,5,7H,3-4H2. The lowest BCUT2D eigenvalue weighted by atomic mass is 10.3. The summed E-state index contributed by atoms with van der Waals surface area (Å²) in [5.41, 5.74) is -0.205. The van der Waals surface area contributed by atoms with E-state index in [0.29, 0.717) is 5.88 Å². The number of ether oxygens (including phenoxy) is 1. The highest BCUT2D eigenvalue weighted by Gasteiger charge is 2.44. The van der Waals surface area contributed by atoms with Gasteiger partial charge in [-0.05, 0) is 0 Å². The first-order valence-electron chi connectivity index (χ1n) is 4.17. The highest BCUT2D eigenvalue weighted by atomic mass is 16.5. The number of nitrogens with zero attached hydrogens (tertiary/aromatic N) is 3. The maximum Gasteiger partial charge on any atom is 0.219 e. The Bertz CT molecular complexity index is 437. The lowest BCUT2D eigenvalue weighted by Crippen LogP contribution is -2.15. The van der Waals surface area contributed by atoms with Crippen molar-refractivity contribution in [3.8, 4) is 24.3 Å². The molecule has 0 N–H and O–H groups in total. The van der Waals surface area contributed by atoms with Crippen LogP contribution in [0.4, 0.5) is 0 Å². The molecule has 1 heterocycles. The molecule has 0 saturated heterocycles. The first-order chi connectivity index (χ1) is 6.78. The first-order valence-corrected chi connectivity index (χ1v) is 4.17. The van der Waals surface area contributed by atoms with Crippen molar-refractivity contribution in [3.05, 3.63) is 18.1 Å². The quantitative estimate of drug-likeness (QED) is 0.642. The Kier molecular flexibility index (Phi) is 1.83. The minimum Gasteiger partial charge on any atom is -0.458 e. The SMILES string of the molecule is C#CC1(Oc2cc(C#N)ncn2)CC1. The molecule has 1 aliphatic rings. The minimum atomic E-state index is -0.485. The van der Waals surface area contributed by atoms with Crippen LogP contribution in [0, 0.1) is 23.7 Å². The fourth-order valence-electron chi connectivity index (χ4n) is 1.05. The summed E-state index contributed by atoms with van der Waals surface area (Å²) in [6.07, 6.45) is 8.28. The lowest BCUT2D eigenvalue weighted by molar-refractivity contribution is 0.229. The van der Waals surface area contributed by atoms with E-state index in [4.69, 9.17) is 16.4 Å². The van der Waals surface area contributed by atoms with Crippen molar-refractivity contribution in [2.45, 2.75) is 18.4 Å². The van der Waals surface area contributed by atoms with Crippen LogP contribution < -0.4 is 4.74 Å². The molecule has 1 fully saturated rings. The van der Waals surface area contributed by atoms with Crippen LogP contribution in [0.15, 0.2) is 12.4 Å². The highest BCUT2D eigenvalue weighted by molar-refractivity contribution is 5.28. The van der Waals surface area contributed by atoms with Crippen LogP contribution in [0.1, 0.15) is 18.5 Å². The normalized spacial score (nSPS) is 16.4. The van der Waals surface area contributed by atoms with Crippen LogP contribution in [0.3, 0.4) is 0 Å². The molecule has 4 heteroatoms. The molecule has 2 rings (SSSR count). The zero-order valence-electron chi connectivity index (χ0n) is 7.40. The molecule has 0 bridgehead atoms. The van der Waals surface area contributed by atoms with Crippen LogP contribution in [0.5, 0.6) is 5.88 Å². The Labute approximate surface area is 81.6 Å². The topological polar surface area (TPSA) is 58.8 Å². The Morgan fingerprint density at radius 2 is 2.29 bits per heavy atom. The molecule has 0 unspecified atom stereocenters. The second kappa shape index (κ2) is 3.01. The molecule has 1 aromatic heterocycles. The van der Waals surface area contributed by atoms with Gasteiger partial charge in [0.25, 0.3) is 0 Å². The van der Waals surface area contributed by atoms with Crippen molar-refractivity contribution in [2.75, 3.05) is 0 Å². The van der Waals surface area contributed by atoms with E-state index >= 15 is 0 Å². The number of nitriles is 1. The van der Waals surface area contributed by atoms with Gasteiger partial charge in [0, 0.05) is 18.9 Å². The first kappa shape index (κ1) is 8.52. The molecule has 4 nitrogen and oxygen atoms in total. The van der Waals surface area contributed by atoms with E-state index < -0.39 is 5.60 Å². The van der Waals surface area contributed by atoms with Crippen LogP contribution in [0.25, 0.3) is 0 Å². The van der Waals surface area contributed by atoms with Crippen molar-refractivity contribution in [1.29, 1.82) is 5.26 Å². The molecule has 1 saturated carbocycles. The fraction of sp³-hybridized carbons (Fsp3) is 0.300. The van der Waals surface area contributed by atoms with Gasteiger partial charge in [0.05, 0.1) is 0 Å². The Morgan fingerprint density at radius 1 is 1.50 bits per heavy atom. The Balaban J connectivity index is 2.19. The summed E-state index contributed by atoms with van der Waals surface area (Å²) < 4.78 is 5.47. The van der Waals surface area contributed by atoms with Gasteiger partial charge in [0.2, 0.25) is 5.88 Å². The molecule has 14 heavy (non-hydrogen) atoms. The van der Waals surface area contributed by atoms with Gasteiger partial charge in [-0.1, -0.05) is 5.92 Å². The number of terminal acetylenes is 1. The second-order valence-corrected chi connectivity index (χ2v) is 3.09. The van der Waals surface area contributed by atoms with E-state index in [1.807, 2.05) is 6.07 Å². The van der Waals surface area contributed by atoms with Crippen molar-refractivity contribution in [3.63, 3.8) is 0 Å². The third-order valence-electron chi connectivity index (χ3n) is 2.02. The predicted molar refractivity (Wildman–Crippen MR) is 48.2 cm³/mol. The molecule has 68 valence electrons. The van der Waals surface area contributed by atoms with Gasteiger partial charge in [-0.15, -0.1) is 6.42 Å². The summed E-state index contributed by atoms with van der Waals surface area (Å²) >= 11 is 0. The number of hydrogen-bond donors (Lipinski definition) is 0. The maximum atomic E-state index is 8.60. The van der Waals surface area contributed by atoms with Crippen molar-refractivity contribution in [1.82, 2.24) is 9.97 Å². The van der Waals surface area contributed by atoms with Crippen LogP contribution in [-0.2, 0) is 0 Å². The van der Waals surface area contributed by atoms with Gasteiger partial charge in [-0.25, -0.2) is 9.97 Å². The molecular formula is C10H7N3O. The predicted octanol–water partition coefficient (Wildman–Crippen LogP) is 0.893. The fourth-order valence-corrected chi connectivity index (χ4v) is 1.05. The van der Waals surface area contributed by atoms with Crippen LogP contribution in [0.2, 0.25) is 0 Å². The smallest absolute Gasteiger partial charge is 0.219 e. The molecule has 0 radical (unpaired) electrons. The Morgan fingerprint density at radius 3 is 2.86 bits per heavy atom. The molecule has 0 spiro atoms. The lowest BCUT2D eigenvalue weighted by Gasteiger charge is -2.09. The third-order valence-corrected chi connectivity index (χ3v) is 2.02. The zero-order chi connectivity index (χ0) is 10.0. The molecule has 1 aliphatic carbocycles. The summed E-state index contributed by atoms with van der Waals surface area (Å²) in [5, 5.41) is 8.60. The molecule has 0 aliphatic heterocycles. The van der Waals surface area contributed by atoms with Crippen LogP contribution >= 0.6 is 0 Å². The molecule has 0 aromatic carbocycles. The summed E-state index contributed by atoms with van der Waals surface area (Å²) in [6, 6.07) is 3.39. The number of rotatable bonds is 2. The van der Waals surface area contributed by atoms with E-state index in [-0.39, 0.29) is 5.69 Å². The Hall–Kier alpha value is -2.07. The summed E-state index contributed by atoms with van der Waals surface area (Å²) in [7, 11) is 0. The van der Waals surface area contributed by atoms with E-state index in [0.717, 1.165) is 12.8 Å². The number of hydrogen-bond acceptors (Lipinski definition) is 4. The van der Waals surface area contributed by atoms with Gasteiger partial charge in [-0.3, -0.25) is 0 Å². The molecule has 1 aromatic rings. The molecule has 0 amide bonds. The average molecular weight is 185 g/mol. The third kappa shape index (κ3) is 1.51. The molecule has 0 atom stereocenters. The van der Waals surface area contributed by atoms with E-state index in [2.05, 4.69) is 15.9 Å². The van der Waals surface area contributed by atoms with Gasteiger partial charge in [0.1, 0.15) is 18.1 Å². The maximum absolute atomic E-state index is 8.60. The zero-order valence-corrected chi connectivity index (χ0v) is 7.40. The summed E-state index contributed by atoms with van der Waals surface area (Å²) in [4.78, 5) is 7.61. The van der Waals surface area contributed by atoms with E-state index in [1.165, 1.54) is 12.4 Å². The molecular weight excluding hydrogens is 178 g/mol. The van der Waals surface area contributed by atoms with Gasteiger partial charge in [-0.2, -0.15) is 5.26 Å². The number of aromatic nitrogens is 2. The summed E-state index contributed by atoms with van der Waals surface area (Å²) in [6.45, 7) is 0.